The molecule has 0 atom stereocenters. The average Bonchev–Trinajstić information content (AvgIpc) is 2.22. The Kier molecular flexibility index (Phi) is 9.62. The fourth-order valence-corrected chi connectivity index (χ4v) is 488. The first-order chi connectivity index (χ1) is 9.79. The molecule has 1 heterocycles. The molecule has 0 radical (unpaired) electrons. The van der Waals surface area contributed by atoms with E-state index < -0.39 is 54.4 Å². The molecule has 1 rings (SSSR count). The van der Waals surface area contributed by atoms with Gasteiger partial charge in [0.2, 0.25) is 0 Å². The summed E-state index contributed by atoms with van der Waals surface area (Å²) in [5.41, 5.74) is 0. The van der Waals surface area contributed by atoms with E-state index in [1.54, 1.807) is 13.8 Å². The summed E-state index contributed by atoms with van der Waals surface area (Å²) in [6.07, 6.45) is 0. The van der Waals surface area contributed by atoms with Crippen LogP contribution in [0.2, 0.25) is 8.45 Å². The third-order valence-corrected chi connectivity index (χ3v) is 215. The Morgan fingerprint density at radius 1 is 1.09 bits per heavy atom. The van der Waals surface area contributed by atoms with Crippen LogP contribution < -0.4 is 7.60 Å². The van der Waals surface area contributed by atoms with Gasteiger partial charge in [0.05, 0.1) is 0 Å². The van der Waals surface area contributed by atoms with Gasteiger partial charge in [-0.1, -0.05) is 0 Å². The molecule has 0 spiro atoms. The van der Waals surface area contributed by atoms with Gasteiger partial charge >= 0.3 is 165 Å². The Balaban J connectivity index is 3.31. The van der Waals surface area contributed by atoms with Crippen molar-refractivity contribution in [2.45, 2.75) is 50.0 Å². The molecule has 0 unspecified atom stereocenters. The minimum atomic E-state index is -3.79. The molecule has 2 amide bonds. The van der Waals surface area contributed by atoms with Crippen LogP contribution in [0.1, 0.15) is 41.5 Å². The molecule has 2 N–H and O–H groups in total. The van der Waals surface area contributed by atoms with Gasteiger partial charge in [-0.05, 0) is 0 Å². The second kappa shape index (κ2) is 8.87. The summed E-state index contributed by atoms with van der Waals surface area (Å²) in [6.45, 7) is 12.6. The third kappa shape index (κ3) is 6.45. The molecule has 0 aromatic heterocycles. The predicted octanol–water partition coefficient (Wildman–Crippen LogP) is 3.27. The number of hydrogen-bond donors (Lipinski definition) is 2. The molecule has 22 heavy (non-hydrogen) atoms. The van der Waals surface area contributed by atoms with Gasteiger partial charge in [0, 0.05) is 0 Å². The van der Waals surface area contributed by atoms with Crippen LogP contribution in [0.3, 0.4) is 0 Å². The van der Waals surface area contributed by atoms with Crippen molar-refractivity contribution in [2.24, 2.45) is 0 Å². The van der Waals surface area contributed by atoms with Gasteiger partial charge in [-0.2, -0.15) is 0 Å². The standard InChI is InChI=1S/2C3H7.2C2H5NO.2ClH.6Ti/c2*1-3-2;2*1-2(3)4;;;;;;;;/h2*3H,1-2H3;2*1H3,(H2,3,4);2*1H;;;;;;/q;;;;;;;;;;+1;+3/p-4. The first kappa shape index (κ1) is 23.8. The van der Waals surface area contributed by atoms with E-state index in [-0.39, 0.29) is 24.6 Å². The first-order valence-electron chi connectivity index (χ1n) is 7.17. The molecule has 4 nitrogen and oxygen atoms in total. The van der Waals surface area contributed by atoms with E-state index in [0.29, 0.717) is 0 Å². The zero-order valence-electron chi connectivity index (χ0n) is 13.7. The summed E-state index contributed by atoms with van der Waals surface area (Å²) in [4.78, 5) is 23.4. The fourth-order valence-electron chi connectivity index (χ4n) is 2.74. The Morgan fingerprint density at radius 2 is 1.59 bits per heavy atom. The summed E-state index contributed by atoms with van der Waals surface area (Å²) in [6, 6.07) is 0. The van der Waals surface area contributed by atoms with Crippen LogP contribution in [-0.2, 0) is 76.7 Å². The van der Waals surface area contributed by atoms with Gasteiger partial charge in [0.25, 0.3) is 0 Å². The van der Waals surface area contributed by atoms with E-state index in [1.807, 2.05) is 0 Å². The molecule has 1 fully saturated rings. The second-order valence-corrected chi connectivity index (χ2v) is 104. The van der Waals surface area contributed by atoms with E-state index in [0.717, 1.165) is 8.45 Å². The molecule has 1 aliphatic rings. The normalized spacial score (nSPS) is 23.4. The average molecular weight is 560 g/mol. The van der Waals surface area contributed by atoms with Gasteiger partial charge in [0.15, 0.2) is 0 Å². The van der Waals surface area contributed by atoms with Crippen molar-refractivity contribution < 1.29 is 76.7 Å². The minimum absolute atomic E-state index is 0.0368. The van der Waals surface area contributed by atoms with Crippen LogP contribution in [0.15, 0.2) is 0 Å². The Labute approximate surface area is 161 Å². The van der Waals surface area contributed by atoms with Crippen LogP contribution in [0, 0.1) is 0 Å². The maximum atomic E-state index is 11.8. The Bertz CT molecular complexity index is 468. The third-order valence-electron chi connectivity index (χ3n) is 3.62. The van der Waals surface area contributed by atoms with Crippen LogP contribution in [-0.4, -0.2) is 11.8 Å². The molecule has 1 aliphatic heterocycles. The van der Waals surface area contributed by atoms with Gasteiger partial charge in [-0.25, -0.2) is 0 Å². The summed E-state index contributed by atoms with van der Waals surface area (Å²) in [5, 5.41) is 0. The van der Waals surface area contributed by atoms with E-state index in [2.05, 4.69) is 35.3 Å². The molecule has 1 saturated heterocycles. The van der Waals surface area contributed by atoms with Gasteiger partial charge < -0.3 is 0 Å². The summed E-state index contributed by atoms with van der Waals surface area (Å²) >= 11 is -2.62. The zero-order valence-corrected chi connectivity index (χ0v) is 24.6. The van der Waals surface area contributed by atoms with Crippen molar-refractivity contribution in [3.8, 4) is 0 Å². The van der Waals surface area contributed by atoms with E-state index in [1.165, 1.54) is 0 Å². The maximum absolute atomic E-state index is 11.8. The van der Waals surface area contributed by atoms with Gasteiger partial charge in [-0.3, -0.25) is 0 Å². The summed E-state index contributed by atoms with van der Waals surface area (Å²) in [7, 11) is 8.43. The topological polar surface area (TPSA) is 58.2 Å². The van der Waals surface area contributed by atoms with Gasteiger partial charge in [-0.15, -0.1) is 0 Å². The molecule has 0 saturated carbocycles. The first-order valence-corrected chi connectivity index (χ1v) is 38.8. The predicted molar refractivity (Wildman–Crippen MR) is 69.5 cm³/mol. The molecule has 0 aromatic rings. The van der Waals surface area contributed by atoms with E-state index in [4.69, 9.17) is 18.6 Å². The SMILES string of the molecule is CC(=O)[NH][Ti]1[Ti][Ti]([CH](C)C)([CH](C)C)[Ti][Ti]([Cl])([Cl])([NH]C(C)=O)[Ti]1. The van der Waals surface area contributed by atoms with Crippen LogP contribution in [0.4, 0.5) is 0 Å². The monoisotopic (exact) mass is 560 g/mol. The number of carbonyl (C=O) groups excluding carboxylic acids is 2. The number of halogens is 2. The number of carbonyl (C=O) groups is 2. The number of rotatable bonds is 4. The number of nitrogens with one attached hydrogen (secondary N) is 2. The molecule has 0 aromatic carbocycles. The van der Waals surface area contributed by atoms with Crippen molar-refractivity contribution in [2.75, 3.05) is 0 Å². The molecule has 0 aliphatic carbocycles. The molecule has 0 bridgehead atoms. The summed E-state index contributed by atoms with van der Waals surface area (Å²) in [5.74, 6) is 0.0408. The Morgan fingerprint density at radius 3 is 1.95 bits per heavy atom. The van der Waals surface area contributed by atoms with Gasteiger partial charge in [0.1, 0.15) is 0 Å². The molecular weight excluding hydrogens is 538 g/mol. The quantitative estimate of drug-likeness (QED) is 0.519. The molecular formula is C10H22Cl2N2O2Ti6. The van der Waals surface area contributed by atoms with Crippen molar-refractivity contribution >= 4 is 30.4 Å². The van der Waals surface area contributed by atoms with Crippen molar-refractivity contribution in [1.29, 1.82) is 0 Å². The Hall–Kier alpha value is 3.81. The fraction of sp³-hybridized carbons (Fsp3) is 0.800. The number of hydrogen-bond acceptors (Lipinski definition) is 2. The molecule has 122 valence electrons. The summed E-state index contributed by atoms with van der Waals surface area (Å²) < 4.78 is 7.93. The second-order valence-electron chi connectivity index (χ2n) is 6.30. The number of amides is 2. The van der Waals surface area contributed by atoms with Crippen LogP contribution in [0.5, 0.6) is 0 Å². The van der Waals surface area contributed by atoms with Crippen molar-refractivity contribution in [3.05, 3.63) is 0 Å². The van der Waals surface area contributed by atoms with E-state index >= 15 is 0 Å². The van der Waals surface area contributed by atoms with Crippen molar-refractivity contribution in [1.82, 2.24) is 7.60 Å². The van der Waals surface area contributed by atoms with Crippen LogP contribution in [0.25, 0.3) is 0 Å². The zero-order chi connectivity index (χ0) is 17.4. The van der Waals surface area contributed by atoms with Crippen LogP contribution >= 0.6 is 18.6 Å². The van der Waals surface area contributed by atoms with E-state index in [9.17, 15) is 9.59 Å². The van der Waals surface area contributed by atoms with Crippen molar-refractivity contribution in [3.63, 3.8) is 0 Å². The molecule has 12 heteroatoms.